The molecule has 0 aromatic heterocycles. The number of para-hydroxylation sites is 1. The van der Waals surface area contributed by atoms with Crippen LogP contribution in [0, 0.1) is 0 Å². The fraction of sp³-hybridized carbons (Fsp3) is 0.0870. The Bertz CT molecular complexity index is 1590. The lowest BCUT2D eigenvalue weighted by molar-refractivity contribution is -0.117. The summed E-state index contributed by atoms with van der Waals surface area (Å²) in [5, 5.41) is 33.0. The Hall–Kier alpha value is -4.00. The summed E-state index contributed by atoms with van der Waals surface area (Å²) in [5.41, 5.74) is 0.110. The number of phenolic OH excluding ortho intramolecular Hbond substituents is 1. The summed E-state index contributed by atoms with van der Waals surface area (Å²) in [6.07, 6.45) is 0. The van der Waals surface area contributed by atoms with Crippen LogP contribution in [0.4, 0.5) is 17.1 Å². The molecule has 1 aliphatic heterocycles. The number of sulfonamides is 1. The molecule has 14 heteroatoms. The van der Waals surface area contributed by atoms with E-state index in [0.717, 1.165) is 17.1 Å². The number of rotatable bonds is 7. The van der Waals surface area contributed by atoms with Crippen LogP contribution in [0.25, 0.3) is 0 Å². The number of hydrazone groups is 1. The van der Waals surface area contributed by atoms with Crippen LogP contribution >= 0.6 is 23.2 Å². The molecule has 0 fully saturated rings. The van der Waals surface area contributed by atoms with Crippen molar-refractivity contribution in [2.45, 2.75) is 17.9 Å². The number of aromatic carboxylic acids is 1. The van der Waals surface area contributed by atoms with E-state index in [4.69, 9.17) is 23.2 Å². The summed E-state index contributed by atoms with van der Waals surface area (Å²) in [6.45, 7) is 1.58. The Morgan fingerprint density at radius 1 is 1.11 bits per heavy atom. The highest BCUT2D eigenvalue weighted by atomic mass is 35.5. The van der Waals surface area contributed by atoms with Gasteiger partial charge in [0, 0.05) is 11.1 Å². The van der Waals surface area contributed by atoms with E-state index in [2.05, 4.69) is 20.1 Å². The lowest BCUT2D eigenvalue weighted by Gasteiger charge is -2.13. The zero-order chi connectivity index (χ0) is 26.9. The molecule has 4 rings (SSSR count). The van der Waals surface area contributed by atoms with Crippen LogP contribution < -0.4 is 9.73 Å². The Morgan fingerprint density at radius 3 is 2.54 bits per heavy atom. The van der Waals surface area contributed by atoms with Crippen molar-refractivity contribution in [2.75, 3.05) is 9.73 Å². The van der Waals surface area contributed by atoms with Gasteiger partial charge in [-0.2, -0.15) is 20.3 Å². The first kappa shape index (κ1) is 26.1. The molecule has 0 spiro atoms. The third-order valence-corrected chi connectivity index (χ3v) is 7.22. The van der Waals surface area contributed by atoms with E-state index >= 15 is 0 Å². The SMILES string of the molecule is CC1=NN(c2cccc(Cl)c2)C(=O)C1N=Nc1cc(Cl)c(S(=O)(=O)Nc2ccccc2C(=O)O)cc1O. The van der Waals surface area contributed by atoms with Gasteiger partial charge < -0.3 is 10.2 Å². The number of carbonyl (C=O) groups is 2. The zero-order valence-corrected chi connectivity index (χ0v) is 21.2. The maximum absolute atomic E-state index is 12.9. The van der Waals surface area contributed by atoms with Crippen LogP contribution in [0.15, 0.2) is 80.9 Å². The number of nitrogens with one attached hydrogen (secondary N) is 1. The van der Waals surface area contributed by atoms with E-state index in [1.165, 1.54) is 24.3 Å². The number of aromatic hydroxyl groups is 1. The van der Waals surface area contributed by atoms with Crippen LogP contribution in [0.1, 0.15) is 17.3 Å². The van der Waals surface area contributed by atoms with Crippen molar-refractivity contribution in [3.63, 3.8) is 0 Å². The Labute approximate surface area is 220 Å². The second-order valence-electron chi connectivity index (χ2n) is 7.72. The Morgan fingerprint density at radius 2 is 1.84 bits per heavy atom. The number of anilines is 2. The van der Waals surface area contributed by atoms with Gasteiger partial charge in [0.15, 0.2) is 6.04 Å². The molecular formula is C23H17Cl2N5O6S. The summed E-state index contributed by atoms with van der Waals surface area (Å²) in [5.74, 6) is -2.43. The number of hydrogen-bond acceptors (Lipinski definition) is 8. The Balaban J connectivity index is 1.58. The number of nitrogens with zero attached hydrogens (tertiary/aromatic N) is 4. The van der Waals surface area contributed by atoms with Crippen molar-refractivity contribution in [2.24, 2.45) is 15.3 Å². The summed E-state index contributed by atoms with van der Waals surface area (Å²) >= 11 is 12.2. The van der Waals surface area contributed by atoms with Crippen molar-refractivity contribution in [3.8, 4) is 5.75 Å². The van der Waals surface area contributed by atoms with E-state index in [1.54, 1.807) is 31.2 Å². The highest BCUT2D eigenvalue weighted by molar-refractivity contribution is 7.92. The molecule has 3 N–H and O–H groups in total. The first-order valence-electron chi connectivity index (χ1n) is 10.4. The van der Waals surface area contributed by atoms with Crippen molar-refractivity contribution in [1.29, 1.82) is 0 Å². The molecule has 11 nitrogen and oxygen atoms in total. The number of carboxylic acids is 1. The normalized spacial score (nSPS) is 15.8. The molecule has 3 aromatic carbocycles. The van der Waals surface area contributed by atoms with Gasteiger partial charge in [0.1, 0.15) is 16.3 Å². The molecule has 1 amide bonds. The van der Waals surface area contributed by atoms with Crippen molar-refractivity contribution in [3.05, 3.63) is 76.3 Å². The molecule has 0 saturated heterocycles. The number of phenols is 1. The minimum Gasteiger partial charge on any atom is -0.506 e. The van der Waals surface area contributed by atoms with Crippen LogP contribution in [0.2, 0.25) is 10.0 Å². The fourth-order valence-corrected chi connectivity index (χ4v) is 5.19. The van der Waals surface area contributed by atoms with E-state index in [1.807, 2.05) is 0 Å². The van der Waals surface area contributed by atoms with Crippen LogP contribution in [0.3, 0.4) is 0 Å². The first-order chi connectivity index (χ1) is 17.5. The number of azo groups is 1. The predicted molar refractivity (Wildman–Crippen MR) is 138 cm³/mol. The van der Waals surface area contributed by atoms with Gasteiger partial charge in [-0.1, -0.05) is 41.4 Å². The van der Waals surface area contributed by atoms with E-state index < -0.39 is 38.6 Å². The van der Waals surface area contributed by atoms with Crippen LogP contribution in [0.5, 0.6) is 5.75 Å². The van der Waals surface area contributed by atoms with Gasteiger partial charge in [-0.3, -0.25) is 9.52 Å². The smallest absolute Gasteiger partial charge is 0.337 e. The number of hydrogen-bond donors (Lipinski definition) is 3. The monoisotopic (exact) mass is 561 g/mol. The third-order valence-electron chi connectivity index (χ3n) is 5.15. The summed E-state index contributed by atoms with van der Waals surface area (Å²) < 4.78 is 27.9. The summed E-state index contributed by atoms with van der Waals surface area (Å²) in [4.78, 5) is 23.7. The van der Waals surface area contributed by atoms with Crippen molar-refractivity contribution >= 4 is 67.9 Å². The second-order valence-corrected chi connectivity index (χ2v) is 10.2. The van der Waals surface area contributed by atoms with Gasteiger partial charge in [-0.05, 0) is 43.3 Å². The number of carboxylic acid groups (broad SMARTS) is 1. The topological polar surface area (TPSA) is 161 Å². The van der Waals surface area contributed by atoms with Gasteiger partial charge >= 0.3 is 5.97 Å². The van der Waals surface area contributed by atoms with Gasteiger partial charge in [-0.25, -0.2) is 13.2 Å². The average molecular weight is 562 g/mol. The number of benzene rings is 3. The number of carbonyl (C=O) groups excluding carboxylic acids is 1. The van der Waals surface area contributed by atoms with Gasteiger partial charge in [0.2, 0.25) is 0 Å². The number of amides is 1. The largest absolute Gasteiger partial charge is 0.506 e. The molecule has 0 aliphatic carbocycles. The minimum atomic E-state index is -4.40. The quantitative estimate of drug-likeness (QED) is 0.341. The average Bonchev–Trinajstić information content (AvgIpc) is 3.12. The van der Waals surface area contributed by atoms with E-state index in [0.29, 0.717) is 16.4 Å². The molecule has 0 bridgehead atoms. The second kappa shape index (κ2) is 10.2. The molecule has 0 radical (unpaired) electrons. The predicted octanol–water partition coefficient (Wildman–Crippen LogP) is 5.07. The van der Waals surface area contributed by atoms with Gasteiger partial charge in [-0.15, -0.1) is 0 Å². The van der Waals surface area contributed by atoms with Crippen molar-refractivity contribution in [1.82, 2.24) is 0 Å². The molecule has 1 heterocycles. The number of halogens is 2. The zero-order valence-electron chi connectivity index (χ0n) is 18.8. The highest BCUT2D eigenvalue weighted by Gasteiger charge is 2.35. The molecule has 37 heavy (non-hydrogen) atoms. The first-order valence-corrected chi connectivity index (χ1v) is 12.6. The molecular weight excluding hydrogens is 545 g/mol. The van der Waals surface area contributed by atoms with Crippen LogP contribution in [-0.4, -0.2) is 42.3 Å². The maximum Gasteiger partial charge on any atom is 0.337 e. The fourth-order valence-electron chi connectivity index (χ4n) is 3.38. The van der Waals surface area contributed by atoms with Gasteiger partial charge in [0.05, 0.1) is 27.7 Å². The van der Waals surface area contributed by atoms with E-state index in [-0.39, 0.29) is 22.0 Å². The standard InChI is InChI=1S/C23H17Cl2N5O6S/c1-12-21(22(32)30(28-12)14-6-4-5-13(24)9-14)27-26-18-10-16(25)20(11-19(18)31)37(35,36)29-17-8-3-2-7-15(17)23(33)34/h2-11,21,29,31H,1H3,(H,33,34). The summed E-state index contributed by atoms with van der Waals surface area (Å²) in [6, 6.07) is 12.7. The lowest BCUT2D eigenvalue weighted by Crippen LogP contribution is -2.29. The van der Waals surface area contributed by atoms with Gasteiger partial charge in [0.25, 0.3) is 15.9 Å². The molecule has 1 atom stereocenters. The molecule has 1 aliphatic rings. The summed E-state index contributed by atoms with van der Waals surface area (Å²) in [7, 11) is -4.40. The highest BCUT2D eigenvalue weighted by Crippen LogP contribution is 2.36. The van der Waals surface area contributed by atoms with Crippen molar-refractivity contribution < 1.29 is 28.2 Å². The molecule has 190 valence electrons. The Kier molecular flexibility index (Phi) is 7.16. The van der Waals surface area contributed by atoms with E-state index in [9.17, 15) is 28.2 Å². The van der Waals surface area contributed by atoms with Crippen LogP contribution in [-0.2, 0) is 14.8 Å². The molecule has 3 aromatic rings. The minimum absolute atomic E-state index is 0.187. The third kappa shape index (κ3) is 5.40. The molecule has 1 unspecified atom stereocenters. The molecule has 0 saturated carbocycles. The lowest BCUT2D eigenvalue weighted by atomic mass is 10.2. The maximum atomic E-state index is 12.9.